The lowest BCUT2D eigenvalue weighted by atomic mass is 9.73. The van der Waals surface area contributed by atoms with E-state index in [1.807, 2.05) is 0 Å². The van der Waals surface area contributed by atoms with Crippen molar-refractivity contribution in [3.8, 4) is 0 Å². The van der Waals surface area contributed by atoms with E-state index >= 15 is 0 Å². The molecule has 0 heterocycles. The van der Waals surface area contributed by atoms with Crippen molar-refractivity contribution >= 4 is 0 Å². The zero-order valence-electron chi connectivity index (χ0n) is 12.3. The third kappa shape index (κ3) is 1.90. The molecule has 2 aliphatic rings. The van der Waals surface area contributed by atoms with Crippen molar-refractivity contribution in [1.82, 2.24) is 0 Å². The first-order valence-electron chi connectivity index (χ1n) is 7.41. The molecule has 0 N–H and O–H groups in total. The van der Waals surface area contributed by atoms with Crippen molar-refractivity contribution in [2.75, 3.05) is 0 Å². The first kappa shape index (κ1) is 12.9. The largest absolute Gasteiger partial charge is 0.0745 e. The van der Waals surface area contributed by atoms with E-state index in [9.17, 15) is 0 Å². The molecule has 0 heteroatoms. The molecule has 0 saturated carbocycles. The molecule has 0 aromatic heterocycles. The van der Waals surface area contributed by atoms with Gasteiger partial charge in [-0.25, -0.2) is 0 Å². The Balaban J connectivity index is 2.41. The van der Waals surface area contributed by atoms with Crippen LogP contribution < -0.4 is 0 Å². The summed E-state index contributed by atoms with van der Waals surface area (Å²) >= 11 is 0. The average Bonchev–Trinajstić information content (AvgIpc) is 2.68. The second-order valence-electron chi connectivity index (χ2n) is 6.77. The van der Waals surface area contributed by atoms with E-state index in [2.05, 4.69) is 46.8 Å². The quantitative estimate of drug-likeness (QED) is 0.600. The van der Waals surface area contributed by atoms with Gasteiger partial charge >= 0.3 is 0 Å². The van der Waals surface area contributed by atoms with Crippen LogP contribution in [0.1, 0.15) is 66.7 Å². The highest BCUT2D eigenvalue weighted by molar-refractivity contribution is 5.49. The fourth-order valence-electron chi connectivity index (χ4n) is 4.53. The smallest absolute Gasteiger partial charge is 0.00461 e. The first-order valence-corrected chi connectivity index (χ1v) is 7.41. The lowest BCUT2D eigenvalue weighted by Gasteiger charge is -2.31. The molecule has 0 bridgehead atoms. The molecule has 0 spiro atoms. The zero-order chi connectivity index (χ0) is 12.7. The summed E-state index contributed by atoms with van der Waals surface area (Å²) in [6.45, 7) is 11.9. The predicted octanol–water partition coefficient (Wildman–Crippen LogP) is 5.51. The molecule has 17 heavy (non-hydrogen) atoms. The third-order valence-electron chi connectivity index (χ3n) is 4.87. The maximum absolute atomic E-state index is 2.46. The molecule has 2 rings (SSSR count). The summed E-state index contributed by atoms with van der Waals surface area (Å²) in [7, 11) is 0. The van der Waals surface area contributed by atoms with Crippen LogP contribution in [0, 0.1) is 16.7 Å². The fourth-order valence-corrected chi connectivity index (χ4v) is 4.53. The van der Waals surface area contributed by atoms with Gasteiger partial charge in [-0.05, 0) is 36.2 Å². The van der Waals surface area contributed by atoms with Gasteiger partial charge < -0.3 is 0 Å². The highest BCUT2D eigenvalue weighted by Crippen LogP contribution is 2.59. The standard InChI is InChI=1S/C17H28/c1-6-9-17(10-7-2)12-13(3)15-14(17)8-11-16(15,4)5/h8,11,13H,6-7,9-10,12H2,1-5H3. The van der Waals surface area contributed by atoms with Gasteiger partial charge in [-0.3, -0.25) is 0 Å². The van der Waals surface area contributed by atoms with Crippen molar-refractivity contribution in [1.29, 1.82) is 0 Å². The summed E-state index contributed by atoms with van der Waals surface area (Å²) in [6.07, 6.45) is 11.7. The van der Waals surface area contributed by atoms with Crippen molar-refractivity contribution in [2.45, 2.75) is 66.7 Å². The zero-order valence-corrected chi connectivity index (χ0v) is 12.3. The van der Waals surface area contributed by atoms with Crippen LogP contribution in [0.15, 0.2) is 23.3 Å². The molecule has 1 unspecified atom stereocenters. The molecule has 2 aliphatic carbocycles. The van der Waals surface area contributed by atoms with E-state index in [1.54, 1.807) is 11.1 Å². The van der Waals surface area contributed by atoms with Crippen LogP contribution in [0.25, 0.3) is 0 Å². The van der Waals surface area contributed by atoms with Gasteiger partial charge in [0.15, 0.2) is 0 Å². The highest BCUT2D eigenvalue weighted by Gasteiger charge is 2.47. The predicted molar refractivity (Wildman–Crippen MR) is 76.0 cm³/mol. The number of allylic oxidation sites excluding steroid dienone is 4. The molecule has 0 aliphatic heterocycles. The second kappa shape index (κ2) is 4.30. The minimum atomic E-state index is 0.317. The lowest BCUT2D eigenvalue weighted by molar-refractivity contribution is 0.273. The van der Waals surface area contributed by atoms with Crippen LogP contribution in [-0.4, -0.2) is 0 Å². The summed E-state index contributed by atoms with van der Waals surface area (Å²) in [5, 5.41) is 0. The van der Waals surface area contributed by atoms with Crippen LogP contribution in [-0.2, 0) is 0 Å². The average molecular weight is 232 g/mol. The van der Waals surface area contributed by atoms with Crippen LogP contribution in [0.5, 0.6) is 0 Å². The molecule has 0 amide bonds. The van der Waals surface area contributed by atoms with E-state index in [0.717, 1.165) is 5.92 Å². The summed E-state index contributed by atoms with van der Waals surface area (Å²) in [5.41, 5.74) is 4.30. The van der Waals surface area contributed by atoms with Gasteiger partial charge in [-0.15, -0.1) is 0 Å². The summed E-state index contributed by atoms with van der Waals surface area (Å²) in [6, 6.07) is 0. The highest BCUT2D eigenvalue weighted by atomic mass is 14.5. The molecule has 0 radical (unpaired) electrons. The number of rotatable bonds is 4. The molecule has 96 valence electrons. The second-order valence-corrected chi connectivity index (χ2v) is 6.77. The van der Waals surface area contributed by atoms with Crippen LogP contribution >= 0.6 is 0 Å². The fraction of sp³-hybridized carbons (Fsp3) is 0.765. The maximum atomic E-state index is 2.46. The van der Waals surface area contributed by atoms with Crippen LogP contribution in [0.3, 0.4) is 0 Å². The van der Waals surface area contributed by atoms with Gasteiger partial charge in [0, 0.05) is 5.41 Å². The van der Waals surface area contributed by atoms with Gasteiger partial charge in [-0.2, -0.15) is 0 Å². The van der Waals surface area contributed by atoms with Gasteiger partial charge in [0.1, 0.15) is 0 Å². The minimum Gasteiger partial charge on any atom is -0.0745 e. The van der Waals surface area contributed by atoms with Gasteiger partial charge in [0.2, 0.25) is 0 Å². The Labute approximate surface area is 107 Å². The molecule has 0 nitrogen and oxygen atoms in total. The van der Waals surface area contributed by atoms with Crippen LogP contribution in [0.2, 0.25) is 0 Å². The first-order chi connectivity index (χ1) is 7.97. The van der Waals surface area contributed by atoms with Crippen LogP contribution in [0.4, 0.5) is 0 Å². The van der Waals surface area contributed by atoms with Gasteiger partial charge in [0.05, 0.1) is 0 Å². The monoisotopic (exact) mass is 232 g/mol. The Hall–Kier alpha value is -0.520. The Kier molecular flexibility index (Phi) is 3.27. The molecule has 1 atom stereocenters. The number of hydrogen-bond acceptors (Lipinski definition) is 0. The lowest BCUT2D eigenvalue weighted by Crippen LogP contribution is -2.20. The topological polar surface area (TPSA) is 0 Å². The van der Waals surface area contributed by atoms with Crippen molar-refractivity contribution in [2.24, 2.45) is 16.7 Å². The summed E-state index contributed by atoms with van der Waals surface area (Å²) in [4.78, 5) is 0. The third-order valence-corrected chi connectivity index (χ3v) is 4.87. The Bertz CT molecular complexity index is 348. The molecular weight excluding hydrogens is 204 g/mol. The molecule has 0 fully saturated rings. The molecule has 0 aromatic rings. The summed E-state index contributed by atoms with van der Waals surface area (Å²) < 4.78 is 0. The van der Waals surface area contributed by atoms with Crippen molar-refractivity contribution < 1.29 is 0 Å². The summed E-state index contributed by atoms with van der Waals surface area (Å²) in [5.74, 6) is 0.785. The molecular formula is C17H28. The Morgan fingerprint density at radius 1 is 1.18 bits per heavy atom. The number of hydrogen-bond donors (Lipinski definition) is 0. The van der Waals surface area contributed by atoms with Crippen molar-refractivity contribution in [3.63, 3.8) is 0 Å². The Morgan fingerprint density at radius 3 is 2.29 bits per heavy atom. The Morgan fingerprint density at radius 2 is 1.76 bits per heavy atom. The minimum absolute atomic E-state index is 0.317. The van der Waals surface area contributed by atoms with E-state index in [0.29, 0.717) is 10.8 Å². The van der Waals surface area contributed by atoms with Gasteiger partial charge in [0.25, 0.3) is 0 Å². The SMILES string of the molecule is CCCC1(CCC)CC(C)C2=C1C=CC2(C)C. The van der Waals surface area contributed by atoms with E-state index in [-0.39, 0.29) is 0 Å². The van der Waals surface area contributed by atoms with E-state index in [4.69, 9.17) is 0 Å². The van der Waals surface area contributed by atoms with Crippen molar-refractivity contribution in [3.05, 3.63) is 23.3 Å². The molecule has 0 aromatic carbocycles. The van der Waals surface area contributed by atoms with Gasteiger partial charge in [-0.1, -0.05) is 65.2 Å². The normalized spacial score (nSPS) is 28.9. The van der Waals surface area contributed by atoms with E-state index in [1.165, 1.54) is 32.1 Å². The maximum Gasteiger partial charge on any atom is 0.00461 e. The van der Waals surface area contributed by atoms with E-state index < -0.39 is 0 Å². The molecule has 0 saturated heterocycles.